The molecule has 128 valence electrons. The first-order chi connectivity index (χ1) is 12.1. The lowest BCUT2D eigenvalue weighted by Crippen LogP contribution is -2.17. The van der Waals surface area contributed by atoms with Crippen molar-refractivity contribution in [1.82, 2.24) is 24.7 Å². The summed E-state index contributed by atoms with van der Waals surface area (Å²) in [4.78, 5) is 21.0. The molecule has 0 aliphatic carbocycles. The molecule has 1 aromatic carbocycles. The zero-order valence-corrected chi connectivity index (χ0v) is 15.3. The summed E-state index contributed by atoms with van der Waals surface area (Å²) in [6, 6.07) is 6.94. The molecule has 3 rings (SSSR count). The summed E-state index contributed by atoms with van der Waals surface area (Å²) >= 11 is 7.29. The van der Waals surface area contributed by atoms with Crippen LogP contribution in [0.3, 0.4) is 0 Å². The normalized spacial score (nSPS) is 12.1. The number of thioether (sulfide) groups is 1. The van der Waals surface area contributed by atoms with Crippen molar-refractivity contribution in [3.05, 3.63) is 53.4 Å². The summed E-state index contributed by atoms with van der Waals surface area (Å²) in [7, 11) is 1.85. The fourth-order valence-corrected chi connectivity index (χ4v) is 3.43. The van der Waals surface area contributed by atoms with E-state index >= 15 is 0 Å². The summed E-state index contributed by atoms with van der Waals surface area (Å²) in [5.74, 6) is 0.664. The predicted molar refractivity (Wildman–Crippen MR) is 97.7 cm³/mol. The molecule has 6 nitrogen and oxygen atoms in total. The Bertz CT molecular complexity index is 867. The molecule has 2 heterocycles. The molecule has 0 aliphatic heterocycles. The maximum Gasteiger partial charge on any atom is 0.191 e. The Kier molecular flexibility index (Phi) is 5.45. The number of hydrogen-bond acceptors (Lipinski definition) is 6. The lowest BCUT2D eigenvalue weighted by molar-refractivity contribution is 0.0988. The van der Waals surface area contributed by atoms with Crippen LogP contribution in [0.1, 0.15) is 23.7 Å². The predicted octanol–water partition coefficient (Wildman–Crippen LogP) is 3.68. The zero-order valence-electron chi connectivity index (χ0n) is 13.8. The van der Waals surface area contributed by atoms with Crippen molar-refractivity contribution >= 4 is 29.1 Å². The van der Waals surface area contributed by atoms with Gasteiger partial charge >= 0.3 is 0 Å². The minimum absolute atomic E-state index is 0.0493. The number of ketones is 1. The SMILES string of the molecule is CC[C@H](Sc1nnc(-c2cnccn2)n1C)C(=O)c1ccc(Cl)cc1. The molecule has 0 saturated carbocycles. The molecule has 1 atom stereocenters. The number of Topliss-reactive ketones (excluding diaryl/α,β-unsaturated/α-hetero) is 1. The smallest absolute Gasteiger partial charge is 0.191 e. The molecule has 0 aliphatic rings. The molecule has 2 aromatic heterocycles. The summed E-state index contributed by atoms with van der Waals surface area (Å²) in [6.07, 6.45) is 5.53. The highest BCUT2D eigenvalue weighted by Crippen LogP contribution is 2.28. The topological polar surface area (TPSA) is 73.6 Å². The highest BCUT2D eigenvalue weighted by molar-refractivity contribution is 8.00. The molecular formula is C17H16ClN5OS. The van der Waals surface area contributed by atoms with E-state index in [-0.39, 0.29) is 11.0 Å². The summed E-state index contributed by atoms with van der Waals surface area (Å²) in [5, 5.41) is 9.40. The largest absolute Gasteiger partial charge is 0.304 e. The lowest BCUT2D eigenvalue weighted by atomic mass is 10.1. The van der Waals surface area contributed by atoms with Gasteiger partial charge in [-0.2, -0.15) is 0 Å². The Balaban J connectivity index is 1.82. The van der Waals surface area contributed by atoms with Crippen molar-refractivity contribution in [1.29, 1.82) is 0 Å². The van der Waals surface area contributed by atoms with Gasteiger partial charge in [0.1, 0.15) is 5.69 Å². The van der Waals surface area contributed by atoms with E-state index in [1.807, 2.05) is 18.5 Å². The molecule has 0 bridgehead atoms. The van der Waals surface area contributed by atoms with E-state index in [0.29, 0.717) is 33.7 Å². The van der Waals surface area contributed by atoms with Crippen molar-refractivity contribution in [2.45, 2.75) is 23.8 Å². The number of carbonyl (C=O) groups is 1. The van der Waals surface area contributed by atoms with Crippen molar-refractivity contribution in [2.75, 3.05) is 0 Å². The number of nitrogens with zero attached hydrogens (tertiary/aromatic N) is 5. The summed E-state index contributed by atoms with van der Waals surface area (Å²) in [6.45, 7) is 1.98. The number of rotatable bonds is 6. The Hall–Kier alpha value is -2.25. The monoisotopic (exact) mass is 373 g/mol. The van der Waals surface area contributed by atoms with Gasteiger partial charge in [-0.05, 0) is 30.7 Å². The van der Waals surface area contributed by atoms with Gasteiger partial charge in [-0.3, -0.25) is 9.78 Å². The molecule has 0 amide bonds. The average Bonchev–Trinajstić information content (AvgIpc) is 3.01. The molecule has 25 heavy (non-hydrogen) atoms. The third-order valence-electron chi connectivity index (χ3n) is 3.67. The van der Waals surface area contributed by atoms with Crippen LogP contribution in [-0.2, 0) is 7.05 Å². The van der Waals surface area contributed by atoms with Gasteiger partial charge in [0.2, 0.25) is 0 Å². The molecule has 0 spiro atoms. The molecular weight excluding hydrogens is 358 g/mol. The van der Waals surface area contributed by atoms with Crippen LogP contribution in [-0.4, -0.2) is 35.8 Å². The minimum Gasteiger partial charge on any atom is -0.304 e. The number of carbonyl (C=O) groups excluding carboxylic acids is 1. The van der Waals surface area contributed by atoms with Gasteiger partial charge in [0.15, 0.2) is 16.8 Å². The van der Waals surface area contributed by atoms with Crippen LogP contribution in [0.2, 0.25) is 5.02 Å². The molecule has 0 radical (unpaired) electrons. The lowest BCUT2D eigenvalue weighted by Gasteiger charge is -2.13. The highest BCUT2D eigenvalue weighted by atomic mass is 35.5. The van der Waals surface area contributed by atoms with Gasteiger partial charge in [0.25, 0.3) is 0 Å². The van der Waals surface area contributed by atoms with Crippen molar-refractivity contribution in [2.24, 2.45) is 7.05 Å². The van der Waals surface area contributed by atoms with Gasteiger partial charge in [0.05, 0.1) is 11.4 Å². The second-order valence-electron chi connectivity index (χ2n) is 5.34. The number of aromatic nitrogens is 5. The first kappa shape index (κ1) is 17.6. The van der Waals surface area contributed by atoms with E-state index in [0.717, 1.165) is 0 Å². The molecule has 0 fully saturated rings. The van der Waals surface area contributed by atoms with E-state index in [2.05, 4.69) is 20.2 Å². The van der Waals surface area contributed by atoms with Crippen molar-refractivity contribution in [3.63, 3.8) is 0 Å². The van der Waals surface area contributed by atoms with Crippen LogP contribution in [0.5, 0.6) is 0 Å². The highest BCUT2D eigenvalue weighted by Gasteiger charge is 2.23. The Morgan fingerprint density at radius 3 is 2.64 bits per heavy atom. The van der Waals surface area contributed by atoms with Crippen LogP contribution in [0.25, 0.3) is 11.5 Å². The van der Waals surface area contributed by atoms with Crippen LogP contribution in [0.15, 0.2) is 48.0 Å². The van der Waals surface area contributed by atoms with Crippen molar-refractivity contribution in [3.8, 4) is 11.5 Å². The maximum atomic E-state index is 12.7. The van der Waals surface area contributed by atoms with E-state index in [1.165, 1.54) is 11.8 Å². The van der Waals surface area contributed by atoms with Gasteiger partial charge in [0, 0.05) is 30.0 Å². The number of halogens is 1. The first-order valence-electron chi connectivity index (χ1n) is 7.72. The summed E-state index contributed by atoms with van der Waals surface area (Å²) in [5.41, 5.74) is 1.28. The van der Waals surface area contributed by atoms with Crippen LogP contribution >= 0.6 is 23.4 Å². The first-order valence-corrected chi connectivity index (χ1v) is 8.98. The average molecular weight is 374 g/mol. The Morgan fingerprint density at radius 2 is 2.00 bits per heavy atom. The third-order valence-corrected chi connectivity index (χ3v) is 5.32. The molecule has 8 heteroatoms. The van der Waals surface area contributed by atoms with E-state index < -0.39 is 0 Å². The fourth-order valence-electron chi connectivity index (χ4n) is 2.30. The van der Waals surface area contributed by atoms with E-state index in [9.17, 15) is 4.79 Å². The van der Waals surface area contributed by atoms with Gasteiger partial charge < -0.3 is 4.57 Å². The Morgan fingerprint density at radius 1 is 1.24 bits per heavy atom. The second-order valence-corrected chi connectivity index (χ2v) is 6.95. The molecule has 0 saturated heterocycles. The quantitative estimate of drug-likeness (QED) is 0.484. The Labute approximate surface area is 154 Å². The fraction of sp³-hybridized carbons (Fsp3) is 0.235. The zero-order chi connectivity index (χ0) is 17.8. The number of hydrogen-bond donors (Lipinski definition) is 0. The second kappa shape index (κ2) is 7.76. The molecule has 3 aromatic rings. The standard InChI is InChI=1S/C17H16ClN5OS/c1-3-14(15(24)11-4-6-12(18)7-5-11)25-17-22-21-16(23(17)2)13-10-19-8-9-20-13/h4-10,14H,3H2,1-2H3/t14-/m0/s1. The van der Waals surface area contributed by atoms with Gasteiger partial charge in [-0.25, -0.2) is 4.98 Å². The summed E-state index contributed by atoms with van der Waals surface area (Å²) < 4.78 is 1.83. The van der Waals surface area contributed by atoms with E-state index in [1.54, 1.807) is 42.9 Å². The van der Waals surface area contributed by atoms with Crippen LogP contribution in [0, 0.1) is 0 Å². The van der Waals surface area contributed by atoms with Gasteiger partial charge in [-0.1, -0.05) is 30.3 Å². The van der Waals surface area contributed by atoms with Crippen molar-refractivity contribution < 1.29 is 4.79 Å². The van der Waals surface area contributed by atoms with Gasteiger partial charge in [-0.15, -0.1) is 10.2 Å². The van der Waals surface area contributed by atoms with Crippen LogP contribution < -0.4 is 0 Å². The third kappa shape index (κ3) is 3.88. The number of benzene rings is 1. The minimum atomic E-state index is -0.251. The van der Waals surface area contributed by atoms with Crippen LogP contribution in [0.4, 0.5) is 0 Å². The maximum absolute atomic E-state index is 12.7. The molecule has 0 unspecified atom stereocenters. The van der Waals surface area contributed by atoms with E-state index in [4.69, 9.17) is 11.6 Å². The molecule has 0 N–H and O–H groups in total.